The van der Waals surface area contributed by atoms with Gasteiger partial charge in [-0.25, -0.2) is 0 Å². The number of rotatable bonds is 2. The van der Waals surface area contributed by atoms with Crippen molar-refractivity contribution in [3.8, 4) is 0 Å². The first-order chi connectivity index (χ1) is 9.65. The van der Waals surface area contributed by atoms with Gasteiger partial charge < -0.3 is 4.74 Å². The Morgan fingerprint density at radius 3 is 2.70 bits per heavy atom. The molecule has 110 valence electrons. The number of hydrogen-bond acceptors (Lipinski definition) is 3. The molecule has 1 saturated heterocycles. The fourth-order valence-corrected chi connectivity index (χ4v) is 3.96. The minimum absolute atomic E-state index is 0.0782. The largest absolute Gasteiger partial charge is 0.375 e. The van der Waals surface area contributed by atoms with Crippen molar-refractivity contribution in [2.45, 2.75) is 70.4 Å². The van der Waals surface area contributed by atoms with Gasteiger partial charge in [0.25, 0.3) is 0 Å². The Morgan fingerprint density at radius 2 is 2.05 bits per heavy atom. The molecule has 2 fully saturated rings. The highest BCUT2D eigenvalue weighted by Gasteiger charge is 2.39. The molecule has 20 heavy (non-hydrogen) atoms. The minimum atomic E-state index is 0.0782. The highest BCUT2D eigenvalue weighted by Crippen LogP contribution is 2.42. The van der Waals surface area contributed by atoms with E-state index in [0.29, 0.717) is 6.04 Å². The van der Waals surface area contributed by atoms with Crippen molar-refractivity contribution in [1.29, 1.82) is 0 Å². The van der Waals surface area contributed by atoms with Gasteiger partial charge in [-0.15, -0.1) is 0 Å². The summed E-state index contributed by atoms with van der Waals surface area (Å²) in [6.45, 7) is 4.75. The van der Waals surface area contributed by atoms with Crippen LogP contribution < -0.4 is 0 Å². The fourth-order valence-electron chi connectivity index (χ4n) is 3.96. The number of carbonyl (C=O) groups excluding carboxylic acids is 1. The second kappa shape index (κ2) is 5.32. The van der Waals surface area contributed by atoms with E-state index in [0.717, 1.165) is 42.7 Å². The van der Waals surface area contributed by atoms with Crippen LogP contribution in [-0.2, 0) is 4.74 Å². The lowest BCUT2D eigenvalue weighted by Crippen LogP contribution is -2.42. The summed E-state index contributed by atoms with van der Waals surface area (Å²) in [4.78, 5) is 11.2. The van der Waals surface area contributed by atoms with Gasteiger partial charge in [0.2, 0.25) is 0 Å². The monoisotopic (exact) mass is 276 g/mol. The number of aldehydes is 1. The van der Waals surface area contributed by atoms with Crippen LogP contribution >= 0.6 is 0 Å². The van der Waals surface area contributed by atoms with E-state index >= 15 is 0 Å². The molecule has 1 aliphatic carbocycles. The third kappa shape index (κ3) is 2.30. The smallest absolute Gasteiger partial charge is 0.153 e. The zero-order chi connectivity index (χ0) is 14.2. The lowest BCUT2D eigenvalue weighted by atomic mass is 9.78. The normalized spacial score (nSPS) is 25.8. The average molecular weight is 276 g/mol. The molecule has 2 heterocycles. The molecule has 1 atom stereocenters. The first kappa shape index (κ1) is 13.8. The zero-order valence-corrected chi connectivity index (χ0v) is 12.5. The number of aromatic nitrogens is 2. The molecule has 2 aliphatic rings. The van der Waals surface area contributed by atoms with Crippen LogP contribution in [0.2, 0.25) is 0 Å². The Bertz CT molecular complexity index is 495. The van der Waals surface area contributed by atoms with E-state index in [9.17, 15) is 4.79 Å². The molecule has 4 heteroatoms. The predicted molar refractivity (Wildman–Crippen MR) is 77.1 cm³/mol. The highest BCUT2D eigenvalue weighted by molar-refractivity contribution is 5.78. The molecule has 0 N–H and O–H groups in total. The van der Waals surface area contributed by atoms with E-state index in [2.05, 4.69) is 9.78 Å². The molecule has 4 nitrogen and oxygen atoms in total. The lowest BCUT2D eigenvalue weighted by molar-refractivity contribution is -0.115. The van der Waals surface area contributed by atoms with Crippen LogP contribution in [0.1, 0.15) is 72.7 Å². The van der Waals surface area contributed by atoms with Gasteiger partial charge in [0.05, 0.1) is 22.9 Å². The van der Waals surface area contributed by atoms with E-state index in [1.807, 2.05) is 13.8 Å². The van der Waals surface area contributed by atoms with Crippen LogP contribution in [0.5, 0.6) is 0 Å². The molecule has 1 aromatic heterocycles. The second-order valence-electron chi connectivity index (χ2n) is 6.39. The van der Waals surface area contributed by atoms with E-state index in [4.69, 9.17) is 4.74 Å². The maximum Gasteiger partial charge on any atom is 0.153 e. The van der Waals surface area contributed by atoms with Gasteiger partial charge in [-0.1, -0.05) is 19.3 Å². The molecule has 0 radical (unpaired) electrons. The summed E-state index contributed by atoms with van der Waals surface area (Å²) in [5, 5.41) is 4.61. The maximum absolute atomic E-state index is 11.2. The lowest BCUT2D eigenvalue weighted by Gasteiger charge is -2.43. The predicted octanol–water partition coefficient (Wildman–Crippen LogP) is 3.37. The van der Waals surface area contributed by atoms with Crippen molar-refractivity contribution in [3.63, 3.8) is 0 Å². The quantitative estimate of drug-likeness (QED) is 0.778. The maximum atomic E-state index is 11.2. The second-order valence-corrected chi connectivity index (χ2v) is 6.39. The number of carbonyl (C=O) groups is 1. The Hall–Kier alpha value is -1.16. The number of nitrogens with zero attached hydrogens (tertiary/aromatic N) is 2. The van der Waals surface area contributed by atoms with E-state index in [1.165, 1.54) is 32.1 Å². The van der Waals surface area contributed by atoms with Gasteiger partial charge in [0.1, 0.15) is 0 Å². The number of aryl methyl sites for hydroxylation is 1. The van der Waals surface area contributed by atoms with Crippen LogP contribution in [0, 0.1) is 13.8 Å². The molecule has 1 saturated carbocycles. The van der Waals surface area contributed by atoms with Crippen LogP contribution in [0.25, 0.3) is 0 Å². The molecule has 0 aromatic carbocycles. The molecule has 0 amide bonds. The Labute approximate surface area is 120 Å². The van der Waals surface area contributed by atoms with Crippen molar-refractivity contribution >= 4 is 6.29 Å². The minimum Gasteiger partial charge on any atom is -0.375 e. The Morgan fingerprint density at radius 1 is 1.30 bits per heavy atom. The number of ether oxygens (including phenoxy) is 1. The van der Waals surface area contributed by atoms with Gasteiger partial charge >= 0.3 is 0 Å². The van der Waals surface area contributed by atoms with Gasteiger partial charge in [0.15, 0.2) is 6.29 Å². The van der Waals surface area contributed by atoms with Crippen LogP contribution in [0.15, 0.2) is 0 Å². The standard InChI is InChI=1S/C16H24N2O2/c1-12-15(11-19)13(2)18(17-12)14-6-9-20-16(10-14)7-4-3-5-8-16/h11,14H,3-10H2,1-2H3. The van der Waals surface area contributed by atoms with Crippen LogP contribution in [-0.4, -0.2) is 28.3 Å². The fraction of sp³-hybridized carbons (Fsp3) is 0.750. The Kier molecular flexibility index (Phi) is 3.67. The average Bonchev–Trinajstić information content (AvgIpc) is 2.74. The van der Waals surface area contributed by atoms with Crippen molar-refractivity contribution in [1.82, 2.24) is 9.78 Å². The zero-order valence-electron chi connectivity index (χ0n) is 12.5. The summed E-state index contributed by atoms with van der Waals surface area (Å²) in [6, 6.07) is 0.384. The molecule has 0 bridgehead atoms. The van der Waals surface area contributed by atoms with E-state index in [1.54, 1.807) is 0 Å². The summed E-state index contributed by atoms with van der Waals surface area (Å²) in [6.07, 6.45) is 9.25. The van der Waals surface area contributed by atoms with Gasteiger partial charge in [0, 0.05) is 12.3 Å². The topological polar surface area (TPSA) is 44.1 Å². The third-order valence-electron chi connectivity index (χ3n) is 5.08. The van der Waals surface area contributed by atoms with Gasteiger partial charge in [-0.05, 0) is 39.5 Å². The molecule has 1 unspecified atom stereocenters. The summed E-state index contributed by atoms with van der Waals surface area (Å²) >= 11 is 0. The van der Waals surface area contributed by atoms with E-state index < -0.39 is 0 Å². The first-order valence-electron chi connectivity index (χ1n) is 7.80. The van der Waals surface area contributed by atoms with Gasteiger partial charge in [-0.2, -0.15) is 5.10 Å². The highest BCUT2D eigenvalue weighted by atomic mass is 16.5. The summed E-state index contributed by atoms with van der Waals surface area (Å²) < 4.78 is 8.23. The molecule has 3 rings (SSSR count). The molecule has 1 aromatic rings. The van der Waals surface area contributed by atoms with E-state index in [-0.39, 0.29) is 5.60 Å². The summed E-state index contributed by atoms with van der Waals surface area (Å²) in [5.41, 5.74) is 2.70. The molecule has 1 spiro atoms. The molecular weight excluding hydrogens is 252 g/mol. The summed E-state index contributed by atoms with van der Waals surface area (Å²) in [7, 11) is 0. The Balaban J connectivity index is 1.85. The molecular formula is C16H24N2O2. The van der Waals surface area contributed by atoms with Crippen molar-refractivity contribution in [2.75, 3.05) is 6.61 Å². The van der Waals surface area contributed by atoms with Crippen molar-refractivity contribution in [2.24, 2.45) is 0 Å². The van der Waals surface area contributed by atoms with Crippen molar-refractivity contribution < 1.29 is 9.53 Å². The van der Waals surface area contributed by atoms with Crippen LogP contribution in [0.3, 0.4) is 0 Å². The van der Waals surface area contributed by atoms with Gasteiger partial charge in [-0.3, -0.25) is 9.48 Å². The third-order valence-corrected chi connectivity index (χ3v) is 5.08. The number of hydrogen-bond donors (Lipinski definition) is 0. The SMILES string of the molecule is Cc1nn(C2CCOC3(CCCCC3)C2)c(C)c1C=O. The van der Waals surface area contributed by atoms with Crippen molar-refractivity contribution in [3.05, 3.63) is 17.0 Å². The summed E-state index contributed by atoms with van der Waals surface area (Å²) in [5.74, 6) is 0. The molecule has 1 aliphatic heterocycles. The van der Waals surface area contributed by atoms with Crippen LogP contribution in [0.4, 0.5) is 0 Å². The first-order valence-corrected chi connectivity index (χ1v) is 7.80.